The molecular formula is C11H20N2S. The molecule has 0 aliphatic rings. The Bertz CT molecular complexity index is 283. The Hall–Kier alpha value is -0.410. The highest BCUT2D eigenvalue weighted by atomic mass is 32.1. The highest BCUT2D eigenvalue weighted by Crippen LogP contribution is 2.27. The fourth-order valence-electron chi connectivity index (χ4n) is 1.79. The van der Waals surface area contributed by atoms with E-state index in [1.54, 1.807) is 11.3 Å². The van der Waals surface area contributed by atoms with Crippen LogP contribution in [0.1, 0.15) is 37.4 Å². The number of rotatable bonds is 5. The van der Waals surface area contributed by atoms with Crippen LogP contribution in [0.25, 0.3) is 0 Å². The average molecular weight is 212 g/mol. The molecule has 0 spiro atoms. The van der Waals surface area contributed by atoms with Crippen molar-refractivity contribution in [2.75, 3.05) is 6.54 Å². The van der Waals surface area contributed by atoms with Crippen LogP contribution in [0.15, 0.2) is 5.38 Å². The normalized spacial score (nSPS) is 15.4. The van der Waals surface area contributed by atoms with Gasteiger partial charge >= 0.3 is 0 Å². The van der Waals surface area contributed by atoms with Crippen LogP contribution in [0.3, 0.4) is 0 Å². The van der Waals surface area contributed by atoms with Gasteiger partial charge in [-0.05, 0) is 31.7 Å². The van der Waals surface area contributed by atoms with Crippen LogP contribution in [-0.4, -0.2) is 11.5 Å². The zero-order valence-corrected chi connectivity index (χ0v) is 10.2. The summed E-state index contributed by atoms with van der Waals surface area (Å²) >= 11 is 1.72. The van der Waals surface area contributed by atoms with E-state index in [2.05, 4.69) is 24.2 Å². The predicted octanol–water partition coefficient (Wildman–Crippen LogP) is 2.76. The summed E-state index contributed by atoms with van der Waals surface area (Å²) in [5, 5.41) is 3.30. The van der Waals surface area contributed by atoms with E-state index >= 15 is 0 Å². The lowest BCUT2D eigenvalue weighted by Crippen LogP contribution is -2.29. The largest absolute Gasteiger partial charge is 0.330 e. The first kappa shape index (κ1) is 11.7. The van der Waals surface area contributed by atoms with Gasteiger partial charge in [-0.15, -0.1) is 11.3 Å². The van der Waals surface area contributed by atoms with Crippen molar-refractivity contribution in [3.05, 3.63) is 16.1 Å². The molecular weight excluding hydrogens is 192 g/mol. The van der Waals surface area contributed by atoms with Crippen LogP contribution >= 0.6 is 11.3 Å². The van der Waals surface area contributed by atoms with Crippen LogP contribution in [0.2, 0.25) is 0 Å². The van der Waals surface area contributed by atoms with Gasteiger partial charge in [0.1, 0.15) is 0 Å². The molecule has 1 unspecified atom stereocenters. The molecule has 14 heavy (non-hydrogen) atoms. The number of hydrogen-bond donors (Lipinski definition) is 1. The molecule has 0 radical (unpaired) electrons. The maximum absolute atomic E-state index is 5.82. The SMILES string of the molecule is CCCC(C)(CN)Cc1csc(C)n1. The molecule has 1 atom stereocenters. The van der Waals surface area contributed by atoms with Crippen LogP contribution in [-0.2, 0) is 6.42 Å². The Morgan fingerprint density at radius 2 is 2.29 bits per heavy atom. The molecule has 1 heterocycles. The second-order valence-corrected chi connectivity index (χ2v) is 5.36. The van der Waals surface area contributed by atoms with Crippen molar-refractivity contribution in [3.63, 3.8) is 0 Å². The molecule has 80 valence electrons. The molecule has 0 aliphatic heterocycles. The first-order chi connectivity index (χ1) is 6.59. The fraction of sp³-hybridized carbons (Fsp3) is 0.727. The van der Waals surface area contributed by atoms with Crippen molar-refractivity contribution in [1.29, 1.82) is 0 Å². The maximum atomic E-state index is 5.82. The topological polar surface area (TPSA) is 38.9 Å². The van der Waals surface area contributed by atoms with Gasteiger partial charge in [-0.3, -0.25) is 0 Å². The Morgan fingerprint density at radius 3 is 2.71 bits per heavy atom. The van der Waals surface area contributed by atoms with Gasteiger partial charge < -0.3 is 5.73 Å². The van der Waals surface area contributed by atoms with Gasteiger partial charge in [0.05, 0.1) is 10.7 Å². The summed E-state index contributed by atoms with van der Waals surface area (Å²) in [6.45, 7) is 7.26. The quantitative estimate of drug-likeness (QED) is 0.815. The molecule has 0 saturated carbocycles. The third-order valence-corrected chi connectivity index (χ3v) is 3.44. The van der Waals surface area contributed by atoms with Gasteiger partial charge in [-0.25, -0.2) is 4.98 Å². The van der Waals surface area contributed by atoms with Crippen molar-refractivity contribution in [1.82, 2.24) is 4.98 Å². The number of aryl methyl sites for hydroxylation is 1. The van der Waals surface area contributed by atoms with Gasteiger partial charge in [0.25, 0.3) is 0 Å². The first-order valence-corrected chi connectivity index (χ1v) is 6.08. The summed E-state index contributed by atoms with van der Waals surface area (Å²) in [5.74, 6) is 0. The smallest absolute Gasteiger partial charge is 0.0897 e. The first-order valence-electron chi connectivity index (χ1n) is 5.21. The zero-order chi connectivity index (χ0) is 10.6. The van der Waals surface area contributed by atoms with Crippen molar-refractivity contribution < 1.29 is 0 Å². The molecule has 0 amide bonds. The Morgan fingerprint density at radius 1 is 1.57 bits per heavy atom. The van der Waals surface area contributed by atoms with Gasteiger partial charge in [-0.2, -0.15) is 0 Å². The second kappa shape index (κ2) is 4.89. The monoisotopic (exact) mass is 212 g/mol. The number of hydrogen-bond acceptors (Lipinski definition) is 3. The Balaban J connectivity index is 2.64. The van der Waals surface area contributed by atoms with E-state index in [4.69, 9.17) is 5.73 Å². The van der Waals surface area contributed by atoms with E-state index in [9.17, 15) is 0 Å². The van der Waals surface area contributed by atoms with Crippen molar-refractivity contribution in [2.24, 2.45) is 11.1 Å². The van der Waals surface area contributed by atoms with Crippen molar-refractivity contribution in [3.8, 4) is 0 Å². The van der Waals surface area contributed by atoms with E-state index in [0.717, 1.165) is 18.0 Å². The van der Waals surface area contributed by atoms with Crippen LogP contribution in [0, 0.1) is 12.3 Å². The molecule has 1 rings (SSSR count). The second-order valence-electron chi connectivity index (χ2n) is 4.30. The molecule has 2 nitrogen and oxygen atoms in total. The summed E-state index contributed by atoms with van der Waals surface area (Å²) in [5.41, 5.74) is 7.26. The summed E-state index contributed by atoms with van der Waals surface area (Å²) in [6, 6.07) is 0. The molecule has 0 bridgehead atoms. The summed E-state index contributed by atoms with van der Waals surface area (Å²) in [7, 11) is 0. The minimum atomic E-state index is 0.231. The summed E-state index contributed by atoms with van der Waals surface area (Å²) in [6.07, 6.45) is 3.39. The molecule has 2 N–H and O–H groups in total. The lowest BCUT2D eigenvalue weighted by molar-refractivity contribution is 0.300. The molecule has 0 aliphatic carbocycles. The average Bonchev–Trinajstić information content (AvgIpc) is 2.51. The lowest BCUT2D eigenvalue weighted by Gasteiger charge is -2.26. The number of nitrogens with zero attached hydrogens (tertiary/aromatic N) is 1. The predicted molar refractivity (Wildman–Crippen MR) is 62.6 cm³/mol. The van der Waals surface area contributed by atoms with Gasteiger partial charge in [0.15, 0.2) is 0 Å². The van der Waals surface area contributed by atoms with E-state index in [1.807, 2.05) is 6.92 Å². The van der Waals surface area contributed by atoms with Crippen molar-refractivity contribution >= 4 is 11.3 Å². The van der Waals surface area contributed by atoms with Crippen LogP contribution in [0.4, 0.5) is 0 Å². The molecule has 1 aromatic rings. The maximum Gasteiger partial charge on any atom is 0.0897 e. The number of aromatic nitrogens is 1. The molecule has 0 saturated heterocycles. The molecule has 3 heteroatoms. The molecule has 1 aromatic heterocycles. The molecule has 0 aromatic carbocycles. The summed E-state index contributed by atoms with van der Waals surface area (Å²) < 4.78 is 0. The summed E-state index contributed by atoms with van der Waals surface area (Å²) in [4.78, 5) is 4.49. The van der Waals surface area contributed by atoms with E-state index in [1.165, 1.54) is 18.5 Å². The van der Waals surface area contributed by atoms with Gasteiger partial charge in [-0.1, -0.05) is 20.3 Å². The third-order valence-electron chi connectivity index (χ3n) is 2.62. The number of nitrogens with two attached hydrogens (primary N) is 1. The van der Waals surface area contributed by atoms with Gasteiger partial charge in [0, 0.05) is 5.38 Å². The lowest BCUT2D eigenvalue weighted by atomic mass is 9.81. The standard InChI is InChI=1S/C11H20N2S/c1-4-5-11(3,8-12)6-10-7-14-9(2)13-10/h7H,4-6,8,12H2,1-3H3. The fourth-order valence-corrected chi connectivity index (χ4v) is 2.41. The molecule has 0 fully saturated rings. The van der Waals surface area contributed by atoms with Crippen LogP contribution < -0.4 is 5.73 Å². The minimum Gasteiger partial charge on any atom is -0.330 e. The zero-order valence-electron chi connectivity index (χ0n) is 9.34. The number of thiazole rings is 1. The van der Waals surface area contributed by atoms with Crippen LogP contribution in [0.5, 0.6) is 0 Å². The van der Waals surface area contributed by atoms with E-state index < -0.39 is 0 Å². The minimum absolute atomic E-state index is 0.231. The highest BCUT2D eigenvalue weighted by molar-refractivity contribution is 7.09. The third kappa shape index (κ3) is 3.07. The van der Waals surface area contributed by atoms with Gasteiger partial charge in [0.2, 0.25) is 0 Å². The van der Waals surface area contributed by atoms with Crippen molar-refractivity contribution in [2.45, 2.75) is 40.0 Å². The Labute approximate surface area is 90.6 Å². The Kier molecular flexibility index (Phi) is 4.08. The van der Waals surface area contributed by atoms with E-state index in [0.29, 0.717) is 0 Å². The van der Waals surface area contributed by atoms with E-state index in [-0.39, 0.29) is 5.41 Å². The highest BCUT2D eigenvalue weighted by Gasteiger charge is 2.22.